The lowest BCUT2D eigenvalue weighted by molar-refractivity contribution is -0.375. The van der Waals surface area contributed by atoms with E-state index in [4.69, 9.17) is 14.5 Å². The summed E-state index contributed by atoms with van der Waals surface area (Å²) in [7, 11) is 0. The summed E-state index contributed by atoms with van der Waals surface area (Å²) in [6, 6.07) is 0. The Morgan fingerprint density at radius 1 is 1.19 bits per heavy atom. The Hall–Kier alpha value is -0.610. The first-order valence-corrected chi connectivity index (χ1v) is 8.59. The molecular weight excluding hydrogens is 268 g/mol. The molecule has 0 aliphatic heterocycles. The standard InChI is InChI=1S/C17H32O4/c1-5-7-13-17(6-2,21-20-14(3)4)16(18)19-15-11-9-8-10-12-15/h14-15H,5-13H2,1-4H3. The fraction of sp³-hybridized carbons (Fsp3) is 0.941. The number of carbonyl (C=O) groups excluding carboxylic acids is 1. The predicted octanol–water partition coefficient (Wildman–Crippen LogP) is 4.56. The second-order valence-electron chi connectivity index (χ2n) is 6.35. The Kier molecular flexibility index (Phi) is 8.27. The third-order valence-electron chi connectivity index (χ3n) is 4.10. The maximum absolute atomic E-state index is 12.7. The molecule has 1 saturated carbocycles. The van der Waals surface area contributed by atoms with Crippen molar-refractivity contribution in [3.05, 3.63) is 0 Å². The Labute approximate surface area is 129 Å². The van der Waals surface area contributed by atoms with Crippen LogP contribution in [0.5, 0.6) is 0 Å². The van der Waals surface area contributed by atoms with E-state index in [-0.39, 0.29) is 18.2 Å². The first kappa shape index (κ1) is 18.4. The van der Waals surface area contributed by atoms with Crippen LogP contribution in [0, 0.1) is 0 Å². The molecule has 0 aromatic heterocycles. The van der Waals surface area contributed by atoms with Gasteiger partial charge < -0.3 is 4.74 Å². The molecule has 1 unspecified atom stereocenters. The second-order valence-corrected chi connectivity index (χ2v) is 6.35. The van der Waals surface area contributed by atoms with Crippen LogP contribution in [0.15, 0.2) is 0 Å². The van der Waals surface area contributed by atoms with E-state index in [9.17, 15) is 4.79 Å². The van der Waals surface area contributed by atoms with Crippen molar-refractivity contribution in [3.63, 3.8) is 0 Å². The van der Waals surface area contributed by atoms with Gasteiger partial charge in [-0.3, -0.25) is 0 Å². The number of unbranched alkanes of at least 4 members (excludes halogenated alkanes) is 1. The number of carbonyl (C=O) groups is 1. The maximum atomic E-state index is 12.7. The number of rotatable bonds is 9. The van der Waals surface area contributed by atoms with Gasteiger partial charge in [0, 0.05) is 0 Å². The summed E-state index contributed by atoms with van der Waals surface area (Å²) in [5.41, 5.74) is -0.947. The van der Waals surface area contributed by atoms with Crippen molar-refractivity contribution in [3.8, 4) is 0 Å². The number of hydrogen-bond donors (Lipinski definition) is 0. The topological polar surface area (TPSA) is 44.8 Å². The number of esters is 1. The molecule has 0 heterocycles. The highest BCUT2D eigenvalue weighted by Crippen LogP contribution is 2.29. The highest BCUT2D eigenvalue weighted by molar-refractivity contribution is 5.79. The summed E-state index contributed by atoms with van der Waals surface area (Å²) in [4.78, 5) is 23.5. The van der Waals surface area contributed by atoms with Gasteiger partial charge in [0.05, 0.1) is 6.10 Å². The minimum atomic E-state index is -0.947. The molecule has 4 nitrogen and oxygen atoms in total. The van der Waals surface area contributed by atoms with Crippen LogP contribution >= 0.6 is 0 Å². The molecule has 0 saturated heterocycles. The second kappa shape index (κ2) is 9.42. The minimum Gasteiger partial charge on any atom is -0.460 e. The Morgan fingerprint density at radius 2 is 1.86 bits per heavy atom. The van der Waals surface area contributed by atoms with E-state index < -0.39 is 5.60 Å². The predicted molar refractivity (Wildman–Crippen MR) is 82.8 cm³/mol. The van der Waals surface area contributed by atoms with Crippen molar-refractivity contribution in [1.29, 1.82) is 0 Å². The summed E-state index contributed by atoms with van der Waals surface area (Å²) in [6.45, 7) is 7.86. The highest BCUT2D eigenvalue weighted by atomic mass is 17.2. The summed E-state index contributed by atoms with van der Waals surface area (Å²) in [5, 5.41) is 0. The smallest absolute Gasteiger partial charge is 0.342 e. The van der Waals surface area contributed by atoms with Gasteiger partial charge in [0.25, 0.3) is 0 Å². The van der Waals surface area contributed by atoms with E-state index in [2.05, 4.69) is 6.92 Å². The monoisotopic (exact) mass is 300 g/mol. The fourth-order valence-corrected chi connectivity index (χ4v) is 2.65. The van der Waals surface area contributed by atoms with Crippen LogP contribution in [0.3, 0.4) is 0 Å². The van der Waals surface area contributed by atoms with Crippen LogP contribution in [-0.2, 0) is 19.3 Å². The zero-order valence-corrected chi connectivity index (χ0v) is 14.2. The van der Waals surface area contributed by atoms with Gasteiger partial charge in [0.1, 0.15) is 6.10 Å². The number of hydrogen-bond acceptors (Lipinski definition) is 4. The molecule has 0 N–H and O–H groups in total. The molecule has 0 amide bonds. The van der Waals surface area contributed by atoms with Crippen molar-refractivity contribution in [2.24, 2.45) is 0 Å². The van der Waals surface area contributed by atoms with E-state index in [1.54, 1.807) is 0 Å². The lowest BCUT2D eigenvalue weighted by atomic mass is 9.93. The fourth-order valence-electron chi connectivity index (χ4n) is 2.65. The van der Waals surface area contributed by atoms with Crippen molar-refractivity contribution < 1.29 is 19.3 Å². The third-order valence-corrected chi connectivity index (χ3v) is 4.10. The third kappa shape index (κ3) is 5.95. The van der Waals surface area contributed by atoms with Crippen LogP contribution in [-0.4, -0.2) is 23.8 Å². The van der Waals surface area contributed by atoms with Crippen LogP contribution in [0.4, 0.5) is 0 Å². The normalized spacial score (nSPS) is 19.5. The first-order valence-electron chi connectivity index (χ1n) is 8.59. The molecule has 1 aliphatic carbocycles. The van der Waals surface area contributed by atoms with E-state index in [1.165, 1.54) is 6.42 Å². The van der Waals surface area contributed by atoms with E-state index >= 15 is 0 Å². The largest absolute Gasteiger partial charge is 0.460 e. The molecule has 1 atom stereocenters. The van der Waals surface area contributed by atoms with Crippen molar-refractivity contribution in [2.75, 3.05) is 0 Å². The first-order chi connectivity index (χ1) is 10.0. The van der Waals surface area contributed by atoms with Crippen LogP contribution in [0.25, 0.3) is 0 Å². The summed E-state index contributed by atoms with van der Waals surface area (Å²) < 4.78 is 5.73. The van der Waals surface area contributed by atoms with Gasteiger partial charge in [-0.05, 0) is 52.4 Å². The van der Waals surface area contributed by atoms with Gasteiger partial charge in [0.15, 0.2) is 5.60 Å². The average molecular weight is 300 g/mol. The van der Waals surface area contributed by atoms with Gasteiger partial charge in [-0.25, -0.2) is 14.6 Å². The maximum Gasteiger partial charge on any atom is 0.342 e. The molecule has 0 spiro atoms. The molecule has 0 bridgehead atoms. The van der Waals surface area contributed by atoms with E-state index in [0.717, 1.165) is 38.5 Å². The molecule has 1 fully saturated rings. The molecule has 4 heteroatoms. The van der Waals surface area contributed by atoms with Crippen molar-refractivity contribution >= 4 is 5.97 Å². The van der Waals surface area contributed by atoms with Crippen LogP contribution < -0.4 is 0 Å². The van der Waals surface area contributed by atoms with Gasteiger partial charge in [-0.1, -0.05) is 33.1 Å². The summed E-state index contributed by atoms with van der Waals surface area (Å²) in [5.74, 6) is -0.244. The molecule has 0 aromatic rings. The van der Waals surface area contributed by atoms with Crippen LogP contribution in [0.1, 0.15) is 85.5 Å². The zero-order chi connectivity index (χ0) is 15.7. The van der Waals surface area contributed by atoms with Gasteiger partial charge in [0.2, 0.25) is 0 Å². The Bertz CT molecular complexity index is 297. The average Bonchev–Trinajstić information content (AvgIpc) is 2.48. The Balaban J connectivity index is 2.68. The molecular formula is C17H32O4. The minimum absolute atomic E-state index is 0.0569. The van der Waals surface area contributed by atoms with Gasteiger partial charge in [-0.15, -0.1) is 0 Å². The lowest BCUT2D eigenvalue weighted by Gasteiger charge is -2.32. The SMILES string of the molecule is CCCCC(CC)(OOC(C)C)C(=O)OC1CCCCC1. The van der Waals surface area contributed by atoms with E-state index in [0.29, 0.717) is 12.8 Å². The van der Waals surface area contributed by atoms with Crippen molar-refractivity contribution in [1.82, 2.24) is 0 Å². The summed E-state index contributed by atoms with van der Waals surface area (Å²) >= 11 is 0. The molecule has 0 radical (unpaired) electrons. The zero-order valence-electron chi connectivity index (χ0n) is 14.2. The molecule has 0 aromatic carbocycles. The van der Waals surface area contributed by atoms with Crippen molar-refractivity contribution in [2.45, 2.75) is 103 Å². The number of ether oxygens (including phenoxy) is 1. The lowest BCUT2D eigenvalue weighted by Crippen LogP contribution is -2.45. The van der Waals surface area contributed by atoms with Crippen LogP contribution in [0.2, 0.25) is 0 Å². The molecule has 1 rings (SSSR count). The Morgan fingerprint density at radius 3 is 2.38 bits per heavy atom. The van der Waals surface area contributed by atoms with Gasteiger partial charge >= 0.3 is 5.97 Å². The molecule has 124 valence electrons. The molecule has 21 heavy (non-hydrogen) atoms. The van der Waals surface area contributed by atoms with E-state index in [1.807, 2.05) is 20.8 Å². The highest BCUT2D eigenvalue weighted by Gasteiger charge is 2.42. The summed E-state index contributed by atoms with van der Waals surface area (Å²) in [6.07, 6.45) is 8.65. The molecule has 1 aliphatic rings. The quantitative estimate of drug-likeness (QED) is 0.356. The van der Waals surface area contributed by atoms with Gasteiger partial charge in [-0.2, -0.15) is 0 Å².